The molecule has 0 spiro atoms. The van der Waals surface area contributed by atoms with Gasteiger partial charge >= 0.3 is 5.97 Å². The first kappa shape index (κ1) is 11.4. The van der Waals surface area contributed by atoms with Gasteiger partial charge in [-0.1, -0.05) is 6.07 Å². The summed E-state index contributed by atoms with van der Waals surface area (Å²) in [5.74, 6) is -1.40. The molecule has 0 aliphatic heterocycles. The quantitative estimate of drug-likeness (QED) is 0.822. The highest BCUT2D eigenvalue weighted by atomic mass is 35.7. The average Bonchev–Trinajstić information content (AvgIpc) is 2.58. The normalized spacial score (nSPS) is 19.4. The van der Waals surface area contributed by atoms with E-state index in [1.807, 2.05) is 0 Å². The molecule has 1 N–H and O–H groups in total. The van der Waals surface area contributed by atoms with Gasteiger partial charge in [-0.25, -0.2) is 8.42 Å². The van der Waals surface area contributed by atoms with Crippen molar-refractivity contribution in [3.05, 3.63) is 29.3 Å². The van der Waals surface area contributed by atoms with Crippen molar-refractivity contribution in [2.45, 2.75) is 23.7 Å². The summed E-state index contributed by atoms with van der Waals surface area (Å²) >= 11 is 0. The lowest BCUT2D eigenvalue weighted by molar-refractivity contribution is -0.138. The third kappa shape index (κ3) is 1.92. The molecule has 0 saturated carbocycles. The molecule has 0 aromatic heterocycles. The Morgan fingerprint density at radius 1 is 1.44 bits per heavy atom. The lowest BCUT2D eigenvalue weighted by Crippen LogP contribution is -2.07. The molecule has 0 radical (unpaired) electrons. The molecule has 4 nitrogen and oxygen atoms in total. The number of hydrogen-bond acceptors (Lipinski definition) is 3. The molecule has 1 atom stereocenters. The van der Waals surface area contributed by atoms with E-state index in [1.54, 1.807) is 0 Å². The lowest BCUT2D eigenvalue weighted by Gasteiger charge is -2.06. The van der Waals surface area contributed by atoms with Crippen molar-refractivity contribution in [2.24, 2.45) is 0 Å². The predicted molar refractivity (Wildman–Crippen MR) is 58.2 cm³/mol. The van der Waals surface area contributed by atoms with Crippen molar-refractivity contribution in [3.8, 4) is 0 Å². The molecular weight excluding hydrogens is 252 g/mol. The van der Waals surface area contributed by atoms with Crippen molar-refractivity contribution < 1.29 is 18.3 Å². The van der Waals surface area contributed by atoms with Crippen molar-refractivity contribution in [3.63, 3.8) is 0 Å². The van der Waals surface area contributed by atoms with Crippen LogP contribution in [0.4, 0.5) is 0 Å². The highest BCUT2D eigenvalue weighted by Crippen LogP contribution is 2.34. The summed E-state index contributed by atoms with van der Waals surface area (Å²) in [7, 11) is 1.48. The number of rotatable bonds is 2. The van der Waals surface area contributed by atoms with Crippen LogP contribution < -0.4 is 0 Å². The molecule has 0 bridgehead atoms. The molecule has 0 heterocycles. The first-order valence-electron chi connectivity index (χ1n) is 4.70. The highest BCUT2D eigenvalue weighted by molar-refractivity contribution is 8.13. The molecule has 6 heteroatoms. The van der Waals surface area contributed by atoms with Crippen molar-refractivity contribution >= 4 is 25.7 Å². The van der Waals surface area contributed by atoms with Gasteiger partial charge in [0.05, 0.1) is 10.8 Å². The maximum absolute atomic E-state index is 11.1. The molecule has 16 heavy (non-hydrogen) atoms. The molecule has 0 amide bonds. The van der Waals surface area contributed by atoms with Crippen molar-refractivity contribution in [1.29, 1.82) is 0 Å². The van der Waals surface area contributed by atoms with Crippen LogP contribution in [-0.4, -0.2) is 19.5 Å². The van der Waals surface area contributed by atoms with Crippen LogP contribution in [0, 0.1) is 0 Å². The van der Waals surface area contributed by atoms with Crippen LogP contribution in [0.25, 0.3) is 0 Å². The molecular formula is C10H9ClO4S. The summed E-state index contributed by atoms with van der Waals surface area (Å²) in [4.78, 5) is 10.9. The highest BCUT2D eigenvalue weighted by Gasteiger charge is 2.29. The number of benzene rings is 1. The summed E-state index contributed by atoms with van der Waals surface area (Å²) in [5.41, 5.74) is 1.45. The maximum atomic E-state index is 11.1. The van der Waals surface area contributed by atoms with Gasteiger partial charge in [0.15, 0.2) is 0 Å². The van der Waals surface area contributed by atoms with E-state index in [2.05, 4.69) is 0 Å². The first-order valence-corrected chi connectivity index (χ1v) is 7.01. The standard InChI is InChI=1S/C10H9ClO4S/c11-16(14,15)7-2-4-8-6(5-7)1-3-9(8)10(12)13/h2,4-5,9H,1,3H2,(H,12,13). The van der Waals surface area contributed by atoms with E-state index < -0.39 is 20.9 Å². The fourth-order valence-electron chi connectivity index (χ4n) is 2.00. The van der Waals surface area contributed by atoms with E-state index in [-0.39, 0.29) is 4.90 Å². The topological polar surface area (TPSA) is 71.4 Å². The molecule has 86 valence electrons. The third-order valence-electron chi connectivity index (χ3n) is 2.77. The van der Waals surface area contributed by atoms with Crippen LogP contribution in [-0.2, 0) is 20.3 Å². The Labute approximate surface area is 97.3 Å². The lowest BCUT2D eigenvalue weighted by atomic mass is 10.0. The maximum Gasteiger partial charge on any atom is 0.310 e. The zero-order valence-corrected chi connectivity index (χ0v) is 9.75. The molecule has 1 aromatic rings. The Bertz CT molecular complexity index is 550. The number of aryl methyl sites for hydroxylation is 1. The average molecular weight is 261 g/mol. The Morgan fingerprint density at radius 3 is 2.69 bits per heavy atom. The van der Waals surface area contributed by atoms with Gasteiger partial charge in [0, 0.05) is 10.7 Å². The Kier molecular flexibility index (Phi) is 2.67. The SMILES string of the molecule is O=C(O)C1CCc2cc(S(=O)(=O)Cl)ccc21. The fraction of sp³-hybridized carbons (Fsp3) is 0.300. The number of carbonyl (C=O) groups is 1. The number of hydrogen-bond donors (Lipinski definition) is 1. The second-order valence-electron chi connectivity index (χ2n) is 3.73. The molecule has 1 aliphatic rings. The van der Waals surface area contributed by atoms with Gasteiger partial charge in [-0.2, -0.15) is 0 Å². The van der Waals surface area contributed by atoms with Crippen molar-refractivity contribution in [1.82, 2.24) is 0 Å². The van der Waals surface area contributed by atoms with E-state index in [9.17, 15) is 13.2 Å². The number of carboxylic acid groups (broad SMARTS) is 1. The van der Waals surface area contributed by atoms with Crippen LogP contribution in [0.15, 0.2) is 23.1 Å². The third-order valence-corrected chi connectivity index (χ3v) is 4.12. The zero-order chi connectivity index (χ0) is 11.9. The van der Waals surface area contributed by atoms with Gasteiger partial charge in [-0.05, 0) is 36.1 Å². The fourth-order valence-corrected chi connectivity index (χ4v) is 2.80. The molecule has 0 saturated heterocycles. The van der Waals surface area contributed by atoms with E-state index in [1.165, 1.54) is 18.2 Å². The summed E-state index contributed by atoms with van der Waals surface area (Å²) in [6.45, 7) is 0. The second kappa shape index (κ2) is 3.75. The van der Waals surface area contributed by atoms with Crippen LogP contribution in [0.3, 0.4) is 0 Å². The predicted octanol–water partition coefficient (Wildman–Crippen LogP) is 1.73. The summed E-state index contributed by atoms with van der Waals surface area (Å²) in [6.07, 6.45) is 1.09. The minimum atomic E-state index is -3.74. The summed E-state index contributed by atoms with van der Waals surface area (Å²) < 4.78 is 22.2. The second-order valence-corrected chi connectivity index (χ2v) is 6.29. The smallest absolute Gasteiger partial charge is 0.310 e. The molecule has 1 aromatic carbocycles. The first-order chi connectivity index (χ1) is 7.39. The van der Waals surface area contributed by atoms with E-state index in [0.29, 0.717) is 18.4 Å². The van der Waals surface area contributed by atoms with Gasteiger partial charge < -0.3 is 5.11 Å². The zero-order valence-electron chi connectivity index (χ0n) is 8.18. The molecule has 1 aliphatic carbocycles. The van der Waals surface area contributed by atoms with Gasteiger partial charge in [0.2, 0.25) is 0 Å². The Hall–Kier alpha value is -1.07. The van der Waals surface area contributed by atoms with Gasteiger partial charge in [-0.15, -0.1) is 0 Å². The van der Waals surface area contributed by atoms with E-state index in [0.717, 1.165) is 5.56 Å². The molecule has 2 rings (SSSR count). The van der Waals surface area contributed by atoms with Crippen LogP contribution in [0.5, 0.6) is 0 Å². The van der Waals surface area contributed by atoms with E-state index in [4.69, 9.17) is 15.8 Å². The monoisotopic (exact) mass is 260 g/mol. The molecule has 1 unspecified atom stereocenters. The van der Waals surface area contributed by atoms with Gasteiger partial charge in [0.25, 0.3) is 9.05 Å². The van der Waals surface area contributed by atoms with Crippen LogP contribution in [0.2, 0.25) is 0 Å². The van der Waals surface area contributed by atoms with Crippen LogP contribution in [0.1, 0.15) is 23.5 Å². The summed E-state index contributed by atoms with van der Waals surface area (Å²) in [5, 5.41) is 8.94. The van der Waals surface area contributed by atoms with Crippen LogP contribution >= 0.6 is 10.7 Å². The number of carboxylic acids is 1. The van der Waals surface area contributed by atoms with E-state index >= 15 is 0 Å². The minimum absolute atomic E-state index is 0.0268. The number of halogens is 1. The Morgan fingerprint density at radius 2 is 2.12 bits per heavy atom. The number of fused-ring (bicyclic) bond motifs is 1. The summed E-state index contributed by atoms with van der Waals surface area (Å²) in [6, 6.07) is 4.35. The van der Waals surface area contributed by atoms with Gasteiger partial charge in [0.1, 0.15) is 0 Å². The van der Waals surface area contributed by atoms with Crippen molar-refractivity contribution in [2.75, 3.05) is 0 Å². The number of aliphatic carboxylic acids is 1. The minimum Gasteiger partial charge on any atom is -0.481 e. The Balaban J connectivity index is 2.48. The van der Waals surface area contributed by atoms with Gasteiger partial charge in [-0.3, -0.25) is 4.79 Å². The molecule has 0 fully saturated rings. The largest absolute Gasteiger partial charge is 0.481 e.